The molecule has 0 amide bonds. The molecule has 14 heavy (non-hydrogen) atoms. The Kier molecular flexibility index (Phi) is 3.01. The zero-order valence-corrected chi connectivity index (χ0v) is 9.63. The van der Waals surface area contributed by atoms with Crippen molar-refractivity contribution in [1.82, 2.24) is 9.97 Å². The van der Waals surface area contributed by atoms with Crippen LogP contribution in [0.4, 0.5) is 5.95 Å². The molecule has 1 aromatic heterocycles. The van der Waals surface area contributed by atoms with Crippen molar-refractivity contribution < 1.29 is 0 Å². The Bertz CT molecular complexity index is 321. The van der Waals surface area contributed by atoms with Gasteiger partial charge in [-0.2, -0.15) is 0 Å². The number of nitrogen functional groups attached to an aromatic ring is 1. The second kappa shape index (κ2) is 4.26. The third-order valence-electron chi connectivity index (χ3n) is 2.81. The van der Waals surface area contributed by atoms with Gasteiger partial charge in [0.15, 0.2) is 0 Å². The maximum Gasteiger partial charge on any atom is 0.221 e. The lowest BCUT2D eigenvalue weighted by Gasteiger charge is -2.09. The fraction of sp³-hybridized carbons (Fsp3) is 0.600. The first kappa shape index (κ1) is 9.90. The van der Waals surface area contributed by atoms with Crippen LogP contribution in [0.25, 0.3) is 0 Å². The Morgan fingerprint density at radius 2 is 2.14 bits per heavy atom. The molecule has 0 bridgehead atoms. The van der Waals surface area contributed by atoms with E-state index < -0.39 is 0 Å². The van der Waals surface area contributed by atoms with Crippen molar-refractivity contribution in [2.75, 3.05) is 5.73 Å². The first-order chi connectivity index (χ1) is 6.75. The van der Waals surface area contributed by atoms with Crippen molar-refractivity contribution in [3.8, 4) is 0 Å². The summed E-state index contributed by atoms with van der Waals surface area (Å²) in [6, 6.07) is 0. The molecule has 2 N–H and O–H groups in total. The third kappa shape index (κ3) is 2.23. The van der Waals surface area contributed by atoms with Crippen molar-refractivity contribution in [2.45, 2.75) is 32.1 Å². The van der Waals surface area contributed by atoms with Gasteiger partial charge in [-0.05, 0) is 28.3 Å². The molecule has 0 radical (unpaired) electrons. The molecule has 0 aromatic carbocycles. The number of hydrogen-bond donors (Lipinski definition) is 1. The van der Waals surface area contributed by atoms with Crippen LogP contribution in [0.5, 0.6) is 0 Å². The summed E-state index contributed by atoms with van der Waals surface area (Å²) in [7, 11) is 0. The number of anilines is 1. The summed E-state index contributed by atoms with van der Waals surface area (Å²) in [6.07, 6.45) is 8.36. The molecule has 4 heteroatoms. The highest BCUT2D eigenvalue weighted by Crippen LogP contribution is 2.29. The van der Waals surface area contributed by atoms with E-state index in [-0.39, 0.29) is 0 Å². The van der Waals surface area contributed by atoms with E-state index in [0.717, 1.165) is 16.9 Å². The lowest BCUT2D eigenvalue weighted by atomic mass is 10.0. The van der Waals surface area contributed by atoms with Crippen LogP contribution in [0.3, 0.4) is 0 Å². The Morgan fingerprint density at radius 1 is 1.43 bits per heavy atom. The summed E-state index contributed by atoms with van der Waals surface area (Å²) in [4.78, 5) is 8.12. The average Bonchev–Trinajstić information content (AvgIpc) is 2.62. The van der Waals surface area contributed by atoms with E-state index >= 15 is 0 Å². The maximum absolute atomic E-state index is 5.48. The molecule has 1 aliphatic carbocycles. The van der Waals surface area contributed by atoms with Crippen LogP contribution in [-0.4, -0.2) is 9.97 Å². The van der Waals surface area contributed by atoms with Crippen LogP contribution in [0.1, 0.15) is 31.2 Å². The Morgan fingerprint density at radius 3 is 2.79 bits per heavy atom. The predicted octanol–water partition coefficient (Wildman–Crippen LogP) is 2.55. The van der Waals surface area contributed by atoms with Gasteiger partial charge in [-0.25, -0.2) is 9.97 Å². The standard InChI is InChI=1S/C10H14BrN3/c11-9-8(6-13-10(12)14-9)5-7-3-1-2-4-7/h6-7H,1-5H2,(H2,12,13,14). The van der Waals surface area contributed by atoms with Gasteiger partial charge < -0.3 is 5.73 Å². The maximum atomic E-state index is 5.48. The van der Waals surface area contributed by atoms with Crippen LogP contribution >= 0.6 is 15.9 Å². The molecular weight excluding hydrogens is 242 g/mol. The summed E-state index contributed by atoms with van der Waals surface area (Å²) in [5, 5.41) is 0. The molecule has 1 saturated carbocycles. The van der Waals surface area contributed by atoms with Crippen molar-refractivity contribution >= 4 is 21.9 Å². The number of rotatable bonds is 2. The zero-order chi connectivity index (χ0) is 9.97. The zero-order valence-electron chi connectivity index (χ0n) is 8.04. The summed E-state index contributed by atoms with van der Waals surface area (Å²) in [6.45, 7) is 0. The highest BCUT2D eigenvalue weighted by Gasteiger charge is 2.17. The number of aromatic nitrogens is 2. The molecule has 0 aliphatic heterocycles. The van der Waals surface area contributed by atoms with E-state index in [4.69, 9.17) is 5.73 Å². The monoisotopic (exact) mass is 255 g/mol. The lowest BCUT2D eigenvalue weighted by molar-refractivity contribution is 0.543. The Labute approximate surface area is 92.3 Å². The number of hydrogen-bond acceptors (Lipinski definition) is 3. The first-order valence-corrected chi connectivity index (χ1v) is 5.82. The van der Waals surface area contributed by atoms with Gasteiger partial charge in [-0.15, -0.1) is 0 Å². The van der Waals surface area contributed by atoms with Gasteiger partial charge in [-0.1, -0.05) is 25.7 Å². The van der Waals surface area contributed by atoms with Crippen LogP contribution in [0, 0.1) is 5.92 Å². The summed E-state index contributed by atoms with van der Waals surface area (Å²) in [5.74, 6) is 1.16. The van der Waals surface area contributed by atoms with Crippen molar-refractivity contribution in [2.24, 2.45) is 5.92 Å². The molecule has 2 rings (SSSR count). The van der Waals surface area contributed by atoms with Crippen LogP contribution in [-0.2, 0) is 6.42 Å². The molecular formula is C10H14BrN3. The Hall–Kier alpha value is -0.640. The quantitative estimate of drug-likeness (QED) is 0.827. The van der Waals surface area contributed by atoms with Gasteiger partial charge in [0.2, 0.25) is 5.95 Å². The van der Waals surface area contributed by atoms with Gasteiger partial charge >= 0.3 is 0 Å². The van der Waals surface area contributed by atoms with E-state index in [0.29, 0.717) is 5.95 Å². The van der Waals surface area contributed by atoms with E-state index in [1.54, 1.807) is 0 Å². The number of nitrogens with zero attached hydrogens (tertiary/aromatic N) is 2. The minimum absolute atomic E-state index is 0.340. The fourth-order valence-electron chi connectivity index (χ4n) is 2.06. The van der Waals surface area contributed by atoms with Gasteiger partial charge in [0.1, 0.15) is 4.60 Å². The van der Waals surface area contributed by atoms with Crippen molar-refractivity contribution in [3.05, 3.63) is 16.4 Å². The fourth-order valence-corrected chi connectivity index (χ4v) is 2.51. The summed E-state index contributed by atoms with van der Waals surface area (Å²) < 4.78 is 0.858. The average molecular weight is 256 g/mol. The summed E-state index contributed by atoms with van der Waals surface area (Å²) >= 11 is 3.42. The predicted molar refractivity (Wildman–Crippen MR) is 59.8 cm³/mol. The van der Waals surface area contributed by atoms with Crippen LogP contribution in [0.2, 0.25) is 0 Å². The lowest BCUT2D eigenvalue weighted by Crippen LogP contribution is -2.03. The van der Waals surface area contributed by atoms with E-state index in [1.807, 2.05) is 6.20 Å². The normalized spacial score (nSPS) is 17.5. The molecule has 0 unspecified atom stereocenters. The minimum Gasteiger partial charge on any atom is -0.368 e. The molecule has 76 valence electrons. The smallest absolute Gasteiger partial charge is 0.221 e. The van der Waals surface area contributed by atoms with Gasteiger partial charge in [0, 0.05) is 11.8 Å². The second-order valence-electron chi connectivity index (χ2n) is 3.90. The molecule has 0 saturated heterocycles. The Balaban J connectivity index is 2.08. The summed E-state index contributed by atoms with van der Waals surface area (Å²) in [5.41, 5.74) is 6.67. The number of halogens is 1. The van der Waals surface area contributed by atoms with E-state index in [2.05, 4.69) is 25.9 Å². The second-order valence-corrected chi connectivity index (χ2v) is 4.65. The van der Waals surface area contributed by atoms with Gasteiger partial charge in [-0.3, -0.25) is 0 Å². The topological polar surface area (TPSA) is 51.8 Å². The molecule has 1 aromatic rings. The minimum atomic E-state index is 0.340. The largest absolute Gasteiger partial charge is 0.368 e. The molecule has 3 nitrogen and oxygen atoms in total. The number of nitrogens with two attached hydrogens (primary N) is 1. The van der Waals surface area contributed by atoms with Crippen molar-refractivity contribution in [1.29, 1.82) is 0 Å². The highest BCUT2D eigenvalue weighted by atomic mass is 79.9. The molecule has 1 heterocycles. The highest BCUT2D eigenvalue weighted by molar-refractivity contribution is 9.10. The SMILES string of the molecule is Nc1ncc(CC2CCCC2)c(Br)n1. The molecule has 1 fully saturated rings. The van der Waals surface area contributed by atoms with Gasteiger partial charge in [0.05, 0.1) is 0 Å². The van der Waals surface area contributed by atoms with Gasteiger partial charge in [0.25, 0.3) is 0 Å². The van der Waals surface area contributed by atoms with Crippen molar-refractivity contribution in [3.63, 3.8) is 0 Å². The van der Waals surface area contributed by atoms with E-state index in [1.165, 1.54) is 31.2 Å². The third-order valence-corrected chi connectivity index (χ3v) is 3.50. The molecule has 1 aliphatic rings. The molecule has 0 spiro atoms. The van der Waals surface area contributed by atoms with Crippen LogP contribution in [0.15, 0.2) is 10.8 Å². The molecule has 0 atom stereocenters. The first-order valence-electron chi connectivity index (χ1n) is 5.02. The van der Waals surface area contributed by atoms with E-state index in [9.17, 15) is 0 Å². The van der Waals surface area contributed by atoms with Crippen LogP contribution < -0.4 is 5.73 Å².